The molecular formula is C15H28IN3OS. The summed E-state index contributed by atoms with van der Waals surface area (Å²) in [6.45, 7) is 8.66. The van der Waals surface area contributed by atoms with Crippen LogP contribution in [0.5, 0.6) is 0 Å². The maximum Gasteiger partial charge on any atom is 0.188 e. The first-order valence-electron chi connectivity index (χ1n) is 7.31. The van der Waals surface area contributed by atoms with Gasteiger partial charge < -0.3 is 15.8 Å². The third kappa shape index (κ3) is 9.31. The topological polar surface area (TPSA) is 59.6 Å². The second kappa shape index (κ2) is 12.2. The van der Waals surface area contributed by atoms with Crippen molar-refractivity contribution in [2.75, 3.05) is 19.7 Å². The van der Waals surface area contributed by atoms with Crippen LogP contribution in [0.15, 0.2) is 22.5 Å². The molecule has 3 N–H and O–H groups in total. The number of hydrogen-bond donors (Lipinski definition) is 2. The molecule has 6 heteroatoms. The van der Waals surface area contributed by atoms with Gasteiger partial charge in [0.25, 0.3) is 0 Å². The molecule has 0 aromatic carbocycles. The maximum absolute atomic E-state index is 5.85. The lowest BCUT2D eigenvalue weighted by atomic mass is 10.0. The maximum atomic E-state index is 5.85. The van der Waals surface area contributed by atoms with Gasteiger partial charge in [0.15, 0.2) is 5.96 Å². The van der Waals surface area contributed by atoms with E-state index < -0.39 is 0 Å². The SMILES string of the molecule is CCOC(CCN=C(N)NCCc1cccs1)C(C)C.I. The van der Waals surface area contributed by atoms with Gasteiger partial charge in [0.05, 0.1) is 6.10 Å². The second-order valence-corrected chi connectivity index (χ2v) is 6.08. The largest absolute Gasteiger partial charge is 0.378 e. The summed E-state index contributed by atoms with van der Waals surface area (Å²) in [6, 6.07) is 4.20. The molecule has 0 spiro atoms. The van der Waals surface area contributed by atoms with E-state index in [4.69, 9.17) is 10.5 Å². The number of hydrogen-bond acceptors (Lipinski definition) is 3. The smallest absolute Gasteiger partial charge is 0.188 e. The quantitative estimate of drug-likeness (QED) is 0.363. The van der Waals surface area contributed by atoms with E-state index >= 15 is 0 Å². The highest BCUT2D eigenvalue weighted by Gasteiger charge is 2.12. The van der Waals surface area contributed by atoms with E-state index in [9.17, 15) is 0 Å². The first kappa shape index (κ1) is 20.7. The molecule has 0 saturated carbocycles. The average Bonchev–Trinajstić information content (AvgIpc) is 2.90. The third-order valence-corrected chi connectivity index (χ3v) is 4.01. The summed E-state index contributed by atoms with van der Waals surface area (Å²) in [6.07, 6.45) is 2.17. The van der Waals surface area contributed by atoms with Crippen LogP contribution in [-0.2, 0) is 11.2 Å². The summed E-state index contributed by atoms with van der Waals surface area (Å²) in [7, 11) is 0. The molecule has 0 aliphatic carbocycles. The zero-order chi connectivity index (χ0) is 14.8. The second-order valence-electron chi connectivity index (χ2n) is 5.05. The fourth-order valence-electron chi connectivity index (χ4n) is 1.96. The van der Waals surface area contributed by atoms with E-state index in [1.807, 2.05) is 6.92 Å². The molecule has 122 valence electrons. The Balaban J connectivity index is 0.00000400. The normalized spacial score (nSPS) is 13.0. The fraction of sp³-hybridized carbons (Fsp3) is 0.667. The minimum Gasteiger partial charge on any atom is -0.378 e. The van der Waals surface area contributed by atoms with Gasteiger partial charge in [0.2, 0.25) is 0 Å². The van der Waals surface area contributed by atoms with Crippen molar-refractivity contribution >= 4 is 41.3 Å². The van der Waals surface area contributed by atoms with Gasteiger partial charge in [-0.1, -0.05) is 19.9 Å². The highest BCUT2D eigenvalue weighted by Crippen LogP contribution is 2.10. The first-order chi connectivity index (χ1) is 9.63. The van der Waals surface area contributed by atoms with Crippen LogP contribution in [0.3, 0.4) is 0 Å². The Kier molecular flexibility index (Phi) is 12.0. The van der Waals surface area contributed by atoms with Crippen LogP contribution in [0.25, 0.3) is 0 Å². The average molecular weight is 425 g/mol. The summed E-state index contributed by atoms with van der Waals surface area (Å²) >= 11 is 1.77. The van der Waals surface area contributed by atoms with E-state index in [2.05, 4.69) is 41.7 Å². The Morgan fingerprint density at radius 3 is 2.81 bits per heavy atom. The number of rotatable bonds is 9. The molecule has 0 radical (unpaired) electrons. The first-order valence-corrected chi connectivity index (χ1v) is 8.19. The van der Waals surface area contributed by atoms with E-state index in [0.717, 1.165) is 26.0 Å². The van der Waals surface area contributed by atoms with Crippen LogP contribution in [0.1, 0.15) is 32.1 Å². The van der Waals surface area contributed by atoms with Gasteiger partial charge in [0.1, 0.15) is 0 Å². The Morgan fingerprint density at radius 2 is 2.24 bits per heavy atom. The number of ether oxygens (including phenoxy) is 1. The Hall–Kier alpha value is -0.340. The van der Waals surface area contributed by atoms with Crippen molar-refractivity contribution in [3.63, 3.8) is 0 Å². The van der Waals surface area contributed by atoms with E-state index in [1.165, 1.54) is 4.88 Å². The van der Waals surface area contributed by atoms with Crippen LogP contribution < -0.4 is 11.1 Å². The Labute approximate surface area is 149 Å². The van der Waals surface area contributed by atoms with Gasteiger partial charge in [-0.3, -0.25) is 4.99 Å². The van der Waals surface area contributed by atoms with Gasteiger partial charge in [-0.05, 0) is 37.1 Å². The number of guanidine groups is 1. The highest BCUT2D eigenvalue weighted by molar-refractivity contribution is 14.0. The standard InChI is InChI=1S/C15H27N3OS.HI/c1-4-19-14(12(2)3)8-10-18-15(16)17-9-7-13-6-5-11-20-13;/h5-6,11-12,14H,4,7-10H2,1-3H3,(H3,16,17,18);1H. The van der Waals surface area contributed by atoms with Crippen molar-refractivity contribution in [2.24, 2.45) is 16.6 Å². The van der Waals surface area contributed by atoms with Crippen molar-refractivity contribution in [1.82, 2.24) is 5.32 Å². The zero-order valence-electron chi connectivity index (χ0n) is 13.2. The molecule has 0 aliphatic heterocycles. The molecule has 0 saturated heterocycles. The molecule has 1 unspecified atom stereocenters. The molecule has 1 aromatic rings. The lowest BCUT2D eigenvalue weighted by Crippen LogP contribution is -2.33. The fourth-order valence-corrected chi connectivity index (χ4v) is 2.67. The number of nitrogens with two attached hydrogens (primary N) is 1. The predicted molar refractivity (Wildman–Crippen MR) is 103 cm³/mol. The monoisotopic (exact) mass is 425 g/mol. The van der Waals surface area contributed by atoms with E-state index in [-0.39, 0.29) is 30.1 Å². The summed E-state index contributed by atoms with van der Waals surface area (Å²) in [4.78, 5) is 5.72. The van der Waals surface area contributed by atoms with Crippen LogP contribution >= 0.6 is 35.3 Å². The Morgan fingerprint density at radius 1 is 1.48 bits per heavy atom. The zero-order valence-corrected chi connectivity index (χ0v) is 16.3. The molecular weight excluding hydrogens is 397 g/mol. The van der Waals surface area contributed by atoms with Crippen LogP contribution in [0, 0.1) is 5.92 Å². The Bertz CT molecular complexity index is 382. The molecule has 4 nitrogen and oxygen atoms in total. The lowest BCUT2D eigenvalue weighted by Gasteiger charge is -2.19. The molecule has 0 fully saturated rings. The molecule has 1 heterocycles. The molecule has 0 aliphatic rings. The third-order valence-electron chi connectivity index (χ3n) is 3.08. The number of thiophene rings is 1. The minimum absolute atomic E-state index is 0. The van der Waals surface area contributed by atoms with Crippen LogP contribution in [-0.4, -0.2) is 31.8 Å². The van der Waals surface area contributed by atoms with Crippen molar-refractivity contribution in [3.8, 4) is 0 Å². The number of nitrogens with zero attached hydrogens (tertiary/aromatic N) is 1. The van der Waals surface area contributed by atoms with Gasteiger partial charge in [-0.2, -0.15) is 0 Å². The predicted octanol–water partition coefficient (Wildman–Crippen LogP) is 3.26. The van der Waals surface area contributed by atoms with Crippen LogP contribution in [0.2, 0.25) is 0 Å². The van der Waals surface area contributed by atoms with E-state index in [1.54, 1.807) is 11.3 Å². The lowest BCUT2D eigenvalue weighted by molar-refractivity contribution is 0.0266. The molecule has 1 aromatic heterocycles. The van der Waals surface area contributed by atoms with E-state index in [0.29, 0.717) is 18.4 Å². The summed E-state index contributed by atoms with van der Waals surface area (Å²) in [5.74, 6) is 1.04. The van der Waals surface area contributed by atoms with Crippen molar-refractivity contribution < 1.29 is 4.74 Å². The van der Waals surface area contributed by atoms with Gasteiger partial charge in [-0.15, -0.1) is 35.3 Å². The molecule has 0 bridgehead atoms. The number of nitrogens with one attached hydrogen (secondary N) is 1. The molecule has 0 amide bonds. The molecule has 1 rings (SSSR count). The van der Waals surface area contributed by atoms with Crippen molar-refractivity contribution in [1.29, 1.82) is 0 Å². The summed E-state index contributed by atoms with van der Waals surface area (Å²) in [5, 5.41) is 5.24. The number of halogens is 1. The van der Waals surface area contributed by atoms with Gasteiger partial charge >= 0.3 is 0 Å². The minimum atomic E-state index is 0. The van der Waals surface area contributed by atoms with Crippen molar-refractivity contribution in [2.45, 2.75) is 39.7 Å². The van der Waals surface area contributed by atoms with Gasteiger partial charge in [-0.25, -0.2) is 0 Å². The summed E-state index contributed by atoms with van der Waals surface area (Å²) < 4.78 is 5.69. The highest BCUT2D eigenvalue weighted by atomic mass is 127. The van der Waals surface area contributed by atoms with Gasteiger partial charge in [0, 0.05) is 24.6 Å². The van der Waals surface area contributed by atoms with Crippen LogP contribution in [0.4, 0.5) is 0 Å². The number of aliphatic imine (C=N–C) groups is 1. The molecule has 21 heavy (non-hydrogen) atoms. The molecule has 1 atom stereocenters. The summed E-state index contributed by atoms with van der Waals surface area (Å²) in [5.41, 5.74) is 5.85. The van der Waals surface area contributed by atoms with Crippen molar-refractivity contribution in [3.05, 3.63) is 22.4 Å².